The van der Waals surface area contributed by atoms with Gasteiger partial charge >= 0.3 is 0 Å². The minimum Gasteiger partial charge on any atom is -0.356 e. The maximum atomic E-state index is 6.19. The number of halogens is 1. The summed E-state index contributed by atoms with van der Waals surface area (Å²) in [4.78, 5) is 6.46. The Balaban J connectivity index is 1.85. The number of hydrogen-bond acceptors (Lipinski definition) is 3. The highest BCUT2D eigenvalue weighted by Gasteiger charge is 2.16. The minimum absolute atomic E-state index is 0.218. The third kappa shape index (κ3) is 5.76. The molecule has 1 atom stereocenters. The van der Waals surface area contributed by atoms with Gasteiger partial charge in [-0.3, -0.25) is 9.67 Å². The average Bonchev–Trinajstić information content (AvgIpc) is 3.01. The molecule has 0 amide bonds. The Bertz CT molecular complexity index is 694. The van der Waals surface area contributed by atoms with Crippen molar-refractivity contribution >= 4 is 17.6 Å². The van der Waals surface area contributed by atoms with Crippen molar-refractivity contribution < 1.29 is 0 Å². The van der Waals surface area contributed by atoms with Crippen LogP contribution in [0, 0.1) is 0 Å². The molecule has 0 bridgehead atoms. The molecule has 2 aromatic rings. The highest BCUT2D eigenvalue weighted by atomic mass is 35.5. The highest BCUT2D eigenvalue weighted by molar-refractivity contribution is 6.31. The van der Waals surface area contributed by atoms with Crippen LogP contribution in [0.3, 0.4) is 0 Å². The number of nitrogens with zero attached hydrogens (tertiary/aromatic N) is 4. The van der Waals surface area contributed by atoms with E-state index in [0.717, 1.165) is 36.1 Å². The largest absolute Gasteiger partial charge is 0.356 e. The summed E-state index contributed by atoms with van der Waals surface area (Å²) in [6.07, 6.45) is 4.79. The highest BCUT2D eigenvalue weighted by Crippen LogP contribution is 2.16. The molecule has 1 aromatic carbocycles. The van der Waals surface area contributed by atoms with Gasteiger partial charge in [0.25, 0.3) is 0 Å². The van der Waals surface area contributed by atoms with Gasteiger partial charge in [-0.2, -0.15) is 5.10 Å². The second-order valence-electron chi connectivity index (χ2n) is 6.15. The first-order valence-electron chi connectivity index (χ1n) is 8.34. The van der Waals surface area contributed by atoms with E-state index in [0.29, 0.717) is 0 Å². The molecule has 0 aliphatic carbocycles. The summed E-state index contributed by atoms with van der Waals surface area (Å²) in [6, 6.07) is 8.13. The van der Waals surface area contributed by atoms with Gasteiger partial charge in [-0.1, -0.05) is 29.8 Å². The summed E-state index contributed by atoms with van der Waals surface area (Å²) in [5, 5.41) is 11.8. The zero-order valence-electron chi connectivity index (χ0n) is 15.3. The molecule has 1 unspecified atom stereocenters. The lowest BCUT2D eigenvalue weighted by atomic mass is 10.1. The lowest BCUT2D eigenvalue weighted by molar-refractivity contribution is 0.298. The summed E-state index contributed by atoms with van der Waals surface area (Å²) in [6.45, 7) is 1.51. The Kier molecular flexibility index (Phi) is 7.28. The van der Waals surface area contributed by atoms with Crippen LogP contribution in [0.25, 0.3) is 0 Å². The second kappa shape index (κ2) is 9.44. The van der Waals surface area contributed by atoms with E-state index in [2.05, 4.69) is 39.7 Å². The molecule has 0 fully saturated rings. The Morgan fingerprint density at radius 1 is 1.32 bits per heavy atom. The topological polar surface area (TPSA) is 57.5 Å². The van der Waals surface area contributed by atoms with Crippen molar-refractivity contribution in [3.63, 3.8) is 0 Å². The zero-order valence-corrected chi connectivity index (χ0v) is 16.1. The number of aryl methyl sites for hydroxylation is 1. The van der Waals surface area contributed by atoms with Crippen molar-refractivity contribution in [2.45, 2.75) is 12.5 Å². The van der Waals surface area contributed by atoms with Crippen LogP contribution < -0.4 is 10.6 Å². The van der Waals surface area contributed by atoms with Crippen LogP contribution in [0.15, 0.2) is 41.7 Å². The third-order valence-corrected chi connectivity index (χ3v) is 4.43. The minimum atomic E-state index is 0.218. The van der Waals surface area contributed by atoms with E-state index >= 15 is 0 Å². The first-order valence-corrected chi connectivity index (χ1v) is 8.72. The number of likely N-dealkylation sites (N-methyl/N-ethyl adjacent to an activating group) is 1. The molecular weight excluding hydrogens is 336 g/mol. The fourth-order valence-corrected chi connectivity index (χ4v) is 2.87. The molecule has 0 saturated carbocycles. The number of aromatic nitrogens is 2. The van der Waals surface area contributed by atoms with Crippen molar-refractivity contribution in [3.8, 4) is 0 Å². The average molecular weight is 363 g/mol. The number of hydrogen-bond donors (Lipinski definition) is 2. The molecule has 1 aromatic heterocycles. The summed E-state index contributed by atoms with van der Waals surface area (Å²) < 4.78 is 1.82. The predicted octanol–water partition coefficient (Wildman–Crippen LogP) is 2.08. The molecule has 0 radical (unpaired) electrons. The van der Waals surface area contributed by atoms with Crippen LogP contribution >= 0.6 is 11.6 Å². The van der Waals surface area contributed by atoms with E-state index in [9.17, 15) is 0 Å². The first-order chi connectivity index (χ1) is 12.0. The fourth-order valence-electron chi connectivity index (χ4n) is 2.64. The van der Waals surface area contributed by atoms with Crippen molar-refractivity contribution in [2.24, 2.45) is 12.0 Å². The predicted molar refractivity (Wildman–Crippen MR) is 104 cm³/mol. The standard InChI is InChI=1S/C18H27ClN6/c1-20-18(21-10-9-14-7-5-6-8-16(14)19)22-12-17(24(2)3)15-11-23-25(4)13-15/h5-8,11,13,17H,9-10,12H2,1-4H3,(H2,20,21,22). The van der Waals surface area contributed by atoms with E-state index in [1.807, 2.05) is 48.4 Å². The van der Waals surface area contributed by atoms with Crippen molar-refractivity contribution in [2.75, 3.05) is 34.2 Å². The van der Waals surface area contributed by atoms with Gasteiger partial charge in [-0.05, 0) is 32.1 Å². The Morgan fingerprint density at radius 2 is 2.08 bits per heavy atom. The van der Waals surface area contributed by atoms with Crippen LogP contribution in [-0.4, -0.2) is 54.9 Å². The van der Waals surface area contributed by atoms with Gasteiger partial charge < -0.3 is 15.5 Å². The molecule has 2 rings (SSSR count). The van der Waals surface area contributed by atoms with Gasteiger partial charge in [0.1, 0.15) is 0 Å². The van der Waals surface area contributed by atoms with Gasteiger partial charge in [-0.25, -0.2) is 0 Å². The van der Waals surface area contributed by atoms with Gasteiger partial charge in [-0.15, -0.1) is 0 Å². The molecule has 0 spiro atoms. The van der Waals surface area contributed by atoms with Crippen LogP contribution in [0.4, 0.5) is 0 Å². The number of rotatable bonds is 7. The van der Waals surface area contributed by atoms with E-state index in [1.165, 1.54) is 5.56 Å². The SMILES string of the molecule is CN=C(NCCc1ccccc1Cl)NCC(c1cnn(C)c1)N(C)C. The maximum absolute atomic E-state index is 6.19. The molecule has 136 valence electrons. The van der Waals surface area contributed by atoms with Crippen molar-refractivity contribution in [1.82, 2.24) is 25.3 Å². The molecule has 0 aliphatic heterocycles. The summed E-state index contributed by atoms with van der Waals surface area (Å²) in [5.41, 5.74) is 2.31. The van der Waals surface area contributed by atoms with Crippen LogP contribution in [-0.2, 0) is 13.5 Å². The number of aliphatic imine (C=N–C) groups is 1. The van der Waals surface area contributed by atoms with Gasteiger partial charge in [0.15, 0.2) is 5.96 Å². The molecule has 25 heavy (non-hydrogen) atoms. The van der Waals surface area contributed by atoms with E-state index in [-0.39, 0.29) is 6.04 Å². The fraction of sp³-hybridized carbons (Fsp3) is 0.444. The molecule has 2 N–H and O–H groups in total. The molecule has 1 heterocycles. The Labute approximate surface area is 154 Å². The third-order valence-electron chi connectivity index (χ3n) is 4.06. The van der Waals surface area contributed by atoms with E-state index in [4.69, 9.17) is 11.6 Å². The van der Waals surface area contributed by atoms with Crippen molar-refractivity contribution in [3.05, 3.63) is 52.8 Å². The maximum Gasteiger partial charge on any atom is 0.191 e. The molecule has 0 aliphatic rings. The summed E-state index contributed by atoms with van der Waals surface area (Å²) >= 11 is 6.19. The molecule has 7 heteroatoms. The number of benzene rings is 1. The number of guanidine groups is 1. The van der Waals surface area contributed by atoms with Crippen LogP contribution in [0.5, 0.6) is 0 Å². The lowest BCUT2D eigenvalue weighted by Crippen LogP contribution is -2.42. The Hall–Kier alpha value is -2.05. The van der Waals surface area contributed by atoms with Gasteiger partial charge in [0.2, 0.25) is 0 Å². The van der Waals surface area contributed by atoms with Gasteiger partial charge in [0.05, 0.1) is 12.2 Å². The quantitative estimate of drug-likeness (QED) is 0.585. The number of nitrogens with one attached hydrogen (secondary N) is 2. The summed E-state index contributed by atoms with van der Waals surface area (Å²) in [5.74, 6) is 0.780. The Morgan fingerprint density at radius 3 is 2.68 bits per heavy atom. The van der Waals surface area contributed by atoms with Crippen molar-refractivity contribution in [1.29, 1.82) is 0 Å². The zero-order chi connectivity index (χ0) is 18.2. The van der Waals surface area contributed by atoms with E-state index in [1.54, 1.807) is 7.05 Å². The normalized spacial score (nSPS) is 13.1. The monoisotopic (exact) mass is 362 g/mol. The molecule has 6 nitrogen and oxygen atoms in total. The van der Waals surface area contributed by atoms with Gasteiger partial charge in [0, 0.05) is 44.0 Å². The smallest absolute Gasteiger partial charge is 0.191 e. The second-order valence-corrected chi connectivity index (χ2v) is 6.56. The molecular formula is C18H27ClN6. The molecule has 0 saturated heterocycles. The van der Waals surface area contributed by atoms with Crippen LogP contribution in [0.2, 0.25) is 5.02 Å². The first kappa shape index (κ1) is 19.3. The lowest BCUT2D eigenvalue weighted by Gasteiger charge is -2.24. The van der Waals surface area contributed by atoms with E-state index < -0.39 is 0 Å². The summed E-state index contributed by atoms with van der Waals surface area (Å²) in [7, 11) is 7.83. The van der Waals surface area contributed by atoms with Crippen LogP contribution in [0.1, 0.15) is 17.2 Å².